The van der Waals surface area contributed by atoms with Crippen molar-refractivity contribution in [1.29, 1.82) is 0 Å². The Bertz CT molecular complexity index is 850. The lowest BCUT2D eigenvalue weighted by Crippen LogP contribution is -2.07. The van der Waals surface area contributed by atoms with Crippen LogP contribution in [0.1, 0.15) is 79.8 Å². The van der Waals surface area contributed by atoms with E-state index in [9.17, 15) is 8.78 Å². The molecule has 0 spiro atoms. The van der Waals surface area contributed by atoms with E-state index in [-0.39, 0.29) is 17.6 Å². The third kappa shape index (κ3) is 6.19. The SMILES string of the molecule is Cc1ccc(C(CCC(C)c2ccc(F)cc2)CCC(C)c2ccc(F)cn2)nc1. The zero-order chi connectivity index (χ0) is 21.5. The van der Waals surface area contributed by atoms with Crippen LogP contribution in [-0.4, -0.2) is 9.97 Å². The third-order valence-corrected chi connectivity index (χ3v) is 5.94. The summed E-state index contributed by atoms with van der Waals surface area (Å²) in [5.41, 5.74) is 4.36. The van der Waals surface area contributed by atoms with Gasteiger partial charge in [-0.25, -0.2) is 8.78 Å². The first-order valence-corrected chi connectivity index (χ1v) is 10.7. The minimum Gasteiger partial charge on any atom is -0.261 e. The van der Waals surface area contributed by atoms with Gasteiger partial charge < -0.3 is 0 Å². The summed E-state index contributed by atoms with van der Waals surface area (Å²) in [6, 6.07) is 14.3. The standard InChI is InChI=1S/C26H30F2N2/c1-18-4-14-26(29-16-18)22(7-5-19(2)21-9-11-23(27)12-10-21)8-6-20(3)25-15-13-24(28)17-30-25/h4,9-17,19-20,22H,5-8H2,1-3H3. The molecule has 0 fully saturated rings. The van der Waals surface area contributed by atoms with Crippen molar-refractivity contribution in [2.24, 2.45) is 0 Å². The Labute approximate surface area is 178 Å². The molecule has 30 heavy (non-hydrogen) atoms. The molecule has 1 aromatic carbocycles. The van der Waals surface area contributed by atoms with Crippen molar-refractivity contribution in [3.05, 3.63) is 95.1 Å². The number of aromatic nitrogens is 2. The minimum absolute atomic E-state index is 0.198. The van der Waals surface area contributed by atoms with E-state index in [1.165, 1.54) is 24.4 Å². The lowest BCUT2D eigenvalue weighted by molar-refractivity contribution is 0.474. The van der Waals surface area contributed by atoms with Crippen LogP contribution < -0.4 is 0 Å². The minimum atomic E-state index is -0.303. The second-order valence-corrected chi connectivity index (χ2v) is 8.37. The number of benzene rings is 1. The average molecular weight is 409 g/mol. The van der Waals surface area contributed by atoms with Crippen LogP contribution in [0.5, 0.6) is 0 Å². The molecule has 0 radical (unpaired) electrons. The van der Waals surface area contributed by atoms with Gasteiger partial charge in [0.05, 0.1) is 6.20 Å². The fourth-order valence-corrected chi connectivity index (χ4v) is 3.85. The number of pyridine rings is 2. The molecule has 4 heteroatoms. The monoisotopic (exact) mass is 408 g/mol. The van der Waals surface area contributed by atoms with E-state index >= 15 is 0 Å². The Hall–Kier alpha value is -2.62. The Balaban J connectivity index is 1.66. The molecule has 2 heterocycles. The highest BCUT2D eigenvalue weighted by Gasteiger charge is 2.18. The van der Waals surface area contributed by atoms with Gasteiger partial charge in [-0.2, -0.15) is 0 Å². The van der Waals surface area contributed by atoms with Gasteiger partial charge in [0.2, 0.25) is 0 Å². The molecule has 0 saturated heterocycles. The predicted octanol–water partition coefficient (Wildman–Crippen LogP) is 7.31. The van der Waals surface area contributed by atoms with Crippen LogP contribution in [-0.2, 0) is 0 Å². The normalized spacial score (nSPS) is 14.3. The maximum Gasteiger partial charge on any atom is 0.141 e. The number of aryl methyl sites for hydroxylation is 1. The molecule has 0 amide bonds. The molecule has 2 nitrogen and oxygen atoms in total. The summed E-state index contributed by atoms with van der Waals surface area (Å²) in [4.78, 5) is 8.93. The van der Waals surface area contributed by atoms with Crippen molar-refractivity contribution < 1.29 is 8.78 Å². The molecule has 158 valence electrons. The van der Waals surface area contributed by atoms with Crippen LogP contribution in [0, 0.1) is 18.6 Å². The Morgan fingerprint density at radius 1 is 0.667 bits per heavy atom. The highest BCUT2D eigenvalue weighted by atomic mass is 19.1. The van der Waals surface area contributed by atoms with Gasteiger partial charge in [0.1, 0.15) is 11.6 Å². The first-order valence-electron chi connectivity index (χ1n) is 10.7. The molecule has 3 aromatic rings. The lowest BCUT2D eigenvalue weighted by Gasteiger charge is -2.21. The summed E-state index contributed by atoms with van der Waals surface area (Å²) < 4.78 is 26.4. The Morgan fingerprint density at radius 2 is 1.27 bits per heavy atom. The van der Waals surface area contributed by atoms with E-state index in [0.717, 1.165) is 48.2 Å². The number of rotatable bonds is 9. The molecule has 0 aliphatic rings. The number of nitrogens with zero attached hydrogens (tertiary/aromatic N) is 2. The summed E-state index contributed by atoms with van der Waals surface area (Å²) >= 11 is 0. The van der Waals surface area contributed by atoms with Crippen LogP contribution in [0.15, 0.2) is 60.9 Å². The molecule has 0 saturated carbocycles. The van der Waals surface area contributed by atoms with Gasteiger partial charge in [-0.3, -0.25) is 9.97 Å². The van der Waals surface area contributed by atoms with E-state index in [1.54, 1.807) is 6.07 Å². The van der Waals surface area contributed by atoms with E-state index in [1.807, 2.05) is 25.3 Å². The van der Waals surface area contributed by atoms with Crippen LogP contribution >= 0.6 is 0 Å². The molecule has 2 aromatic heterocycles. The van der Waals surface area contributed by atoms with E-state index in [4.69, 9.17) is 0 Å². The quantitative estimate of drug-likeness (QED) is 0.371. The number of hydrogen-bond donors (Lipinski definition) is 0. The third-order valence-electron chi connectivity index (χ3n) is 5.94. The van der Waals surface area contributed by atoms with Crippen molar-refractivity contribution in [3.8, 4) is 0 Å². The lowest BCUT2D eigenvalue weighted by atomic mass is 9.85. The maximum atomic E-state index is 13.2. The first kappa shape index (κ1) is 22.1. The Morgan fingerprint density at radius 3 is 1.87 bits per heavy atom. The molecule has 3 rings (SSSR count). The molecule has 0 bridgehead atoms. The Kier molecular flexibility index (Phi) is 7.67. The van der Waals surface area contributed by atoms with Crippen molar-refractivity contribution in [2.75, 3.05) is 0 Å². The molecule has 3 unspecified atom stereocenters. The predicted molar refractivity (Wildman–Crippen MR) is 118 cm³/mol. The van der Waals surface area contributed by atoms with Crippen molar-refractivity contribution in [1.82, 2.24) is 9.97 Å². The topological polar surface area (TPSA) is 25.8 Å². The van der Waals surface area contributed by atoms with Crippen LogP contribution in [0.4, 0.5) is 8.78 Å². The van der Waals surface area contributed by atoms with Gasteiger partial charge in [-0.1, -0.05) is 32.0 Å². The zero-order valence-corrected chi connectivity index (χ0v) is 18.0. The average Bonchev–Trinajstić information content (AvgIpc) is 2.75. The van der Waals surface area contributed by atoms with E-state index in [2.05, 4.69) is 35.9 Å². The highest BCUT2D eigenvalue weighted by Crippen LogP contribution is 2.33. The number of halogens is 2. The van der Waals surface area contributed by atoms with Gasteiger partial charge in [0.15, 0.2) is 0 Å². The second-order valence-electron chi connectivity index (χ2n) is 8.37. The van der Waals surface area contributed by atoms with E-state index in [0.29, 0.717) is 11.8 Å². The van der Waals surface area contributed by atoms with Gasteiger partial charge in [-0.15, -0.1) is 0 Å². The van der Waals surface area contributed by atoms with Crippen molar-refractivity contribution in [3.63, 3.8) is 0 Å². The van der Waals surface area contributed by atoms with Gasteiger partial charge >= 0.3 is 0 Å². The van der Waals surface area contributed by atoms with Crippen LogP contribution in [0.2, 0.25) is 0 Å². The number of hydrogen-bond acceptors (Lipinski definition) is 2. The highest BCUT2D eigenvalue weighted by molar-refractivity contribution is 5.20. The van der Waals surface area contributed by atoms with Crippen molar-refractivity contribution >= 4 is 0 Å². The molecule has 0 N–H and O–H groups in total. The summed E-state index contributed by atoms with van der Waals surface area (Å²) in [7, 11) is 0. The largest absolute Gasteiger partial charge is 0.261 e. The smallest absolute Gasteiger partial charge is 0.141 e. The summed E-state index contributed by atoms with van der Waals surface area (Å²) in [5.74, 6) is 0.456. The second kappa shape index (κ2) is 10.4. The van der Waals surface area contributed by atoms with Crippen LogP contribution in [0.3, 0.4) is 0 Å². The fourth-order valence-electron chi connectivity index (χ4n) is 3.85. The van der Waals surface area contributed by atoms with Gasteiger partial charge in [0.25, 0.3) is 0 Å². The molecule has 0 aliphatic heterocycles. The molecule has 0 aliphatic carbocycles. The fraction of sp³-hybridized carbons (Fsp3) is 0.385. The molecular formula is C26H30F2N2. The molecular weight excluding hydrogens is 378 g/mol. The zero-order valence-electron chi connectivity index (χ0n) is 18.0. The van der Waals surface area contributed by atoms with Crippen molar-refractivity contribution in [2.45, 2.75) is 64.2 Å². The van der Waals surface area contributed by atoms with E-state index < -0.39 is 0 Å². The first-order chi connectivity index (χ1) is 14.4. The summed E-state index contributed by atoms with van der Waals surface area (Å²) in [6.45, 7) is 6.38. The van der Waals surface area contributed by atoms with Gasteiger partial charge in [-0.05, 0) is 85.9 Å². The van der Waals surface area contributed by atoms with Gasteiger partial charge in [0, 0.05) is 23.5 Å². The molecule has 3 atom stereocenters. The summed E-state index contributed by atoms with van der Waals surface area (Å²) in [6.07, 6.45) is 7.19. The maximum absolute atomic E-state index is 13.2. The summed E-state index contributed by atoms with van der Waals surface area (Å²) in [5, 5.41) is 0. The van der Waals surface area contributed by atoms with Crippen LogP contribution in [0.25, 0.3) is 0 Å².